The largest absolute Gasteiger partial charge is 0.460 e. The van der Waals surface area contributed by atoms with Crippen molar-refractivity contribution in [1.29, 1.82) is 0 Å². The maximum atomic E-state index is 5.90. The molecule has 0 saturated carbocycles. The molecule has 6 heteroatoms. The second kappa shape index (κ2) is 11.9. The average Bonchev–Trinajstić information content (AvgIpc) is 2.94. The molecule has 1 aromatic carbocycles. The molecule has 0 atom stereocenters. The highest BCUT2D eigenvalue weighted by atomic mass is 79.9. The first-order chi connectivity index (χ1) is 10.2. The van der Waals surface area contributed by atoms with E-state index in [0.29, 0.717) is 0 Å². The summed E-state index contributed by atoms with van der Waals surface area (Å²) in [7, 11) is 0. The minimum Gasteiger partial charge on any atom is -0.460 e. The van der Waals surface area contributed by atoms with Crippen LogP contribution < -0.4 is 10.6 Å². The van der Waals surface area contributed by atoms with Crippen molar-refractivity contribution >= 4 is 40.7 Å². The highest BCUT2D eigenvalue weighted by Crippen LogP contribution is 2.26. The topological polar surface area (TPSA) is 37.2 Å². The van der Waals surface area contributed by atoms with Gasteiger partial charge in [0.05, 0.1) is 6.54 Å². The molecule has 23 heavy (non-hydrogen) atoms. The van der Waals surface area contributed by atoms with Crippen LogP contribution in [0.25, 0.3) is 11.3 Å². The lowest BCUT2D eigenvalue weighted by molar-refractivity contribution is 0.488. The number of benzene rings is 1. The molecule has 2 aromatic rings. The van der Waals surface area contributed by atoms with Crippen molar-refractivity contribution < 1.29 is 4.42 Å². The van der Waals surface area contributed by atoms with Crippen LogP contribution >= 0.6 is 40.7 Å². The van der Waals surface area contributed by atoms with Crippen LogP contribution in [0.1, 0.15) is 24.7 Å². The predicted octanol–water partition coefficient (Wildman–Crippen LogP) is 4.95. The molecule has 0 spiro atoms. The Hall–Kier alpha value is -0.520. The molecular weight excluding hydrogens is 399 g/mol. The Morgan fingerprint density at radius 2 is 1.78 bits per heavy atom. The van der Waals surface area contributed by atoms with Crippen LogP contribution in [0.15, 0.2) is 39.2 Å². The van der Waals surface area contributed by atoms with E-state index < -0.39 is 0 Å². The molecule has 0 aliphatic rings. The maximum Gasteiger partial charge on any atom is 0.134 e. The fraction of sp³-hybridized carbons (Fsp3) is 0.412. The van der Waals surface area contributed by atoms with Crippen LogP contribution in [-0.2, 0) is 6.54 Å². The zero-order valence-electron chi connectivity index (χ0n) is 13.5. The molecule has 0 aliphatic carbocycles. The van der Waals surface area contributed by atoms with Crippen LogP contribution in [0.5, 0.6) is 0 Å². The molecule has 3 nitrogen and oxygen atoms in total. The molecule has 130 valence electrons. The second-order valence-electron chi connectivity index (χ2n) is 5.11. The normalized spacial score (nSPS) is 10.0. The SMILES string of the molecule is CCNCCCNCc1ccc(-c2ccc(Br)c(C)c2)o1.Cl.Cl. The minimum atomic E-state index is 0. The number of aryl methyl sites for hydroxylation is 1. The number of hydrogen-bond acceptors (Lipinski definition) is 3. The summed E-state index contributed by atoms with van der Waals surface area (Å²) in [5.74, 6) is 1.91. The molecule has 0 fully saturated rings. The van der Waals surface area contributed by atoms with Gasteiger partial charge in [-0.3, -0.25) is 0 Å². The monoisotopic (exact) mass is 422 g/mol. The van der Waals surface area contributed by atoms with Crippen LogP contribution in [0.2, 0.25) is 0 Å². The molecule has 0 unspecified atom stereocenters. The Labute approximate surface area is 159 Å². The Morgan fingerprint density at radius 3 is 2.48 bits per heavy atom. The van der Waals surface area contributed by atoms with Crippen molar-refractivity contribution in [2.75, 3.05) is 19.6 Å². The van der Waals surface area contributed by atoms with E-state index in [1.165, 1.54) is 5.56 Å². The molecule has 0 bridgehead atoms. The third-order valence-corrected chi connectivity index (χ3v) is 4.25. The Bertz CT molecular complexity index is 575. The van der Waals surface area contributed by atoms with Gasteiger partial charge in [-0.1, -0.05) is 28.9 Å². The third kappa shape index (κ3) is 7.27. The van der Waals surface area contributed by atoms with E-state index in [1.54, 1.807) is 0 Å². The Kier molecular flexibility index (Phi) is 11.7. The number of furan rings is 1. The molecule has 2 N–H and O–H groups in total. The van der Waals surface area contributed by atoms with Crippen molar-refractivity contribution in [1.82, 2.24) is 10.6 Å². The van der Waals surface area contributed by atoms with E-state index in [1.807, 2.05) is 12.1 Å². The summed E-state index contributed by atoms with van der Waals surface area (Å²) >= 11 is 3.52. The average molecular weight is 424 g/mol. The number of hydrogen-bond donors (Lipinski definition) is 2. The van der Waals surface area contributed by atoms with Crippen LogP contribution in [-0.4, -0.2) is 19.6 Å². The van der Waals surface area contributed by atoms with Gasteiger partial charge in [-0.15, -0.1) is 24.8 Å². The Morgan fingerprint density at radius 1 is 1.04 bits per heavy atom. The van der Waals surface area contributed by atoms with Gasteiger partial charge in [0.2, 0.25) is 0 Å². The fourth-order valence-electron chi connectivity index (χ4n) is 2.15. The molecule has 0 saturated heterocycles. The van der Waals surface area contributed by atoms with Gasteiger partial charge in [0.15, 0.2) is 0 Å². The van der Waals surface area contributed by atoms with Gasteiger partial charge in [-0.05, 0) is 62.8 Å². The third-order valence-electron chi connectivity index (χ3n) is 3.36. The summed E-state index contributed by atoms with van der Waals surface area (Å²) in [4.78, 5) is 0. The standard InChI is InChI=1S/C17H23BrN2O.2ClH/c1-3-19-9-4-10-20-12-15-6-8-17(21-15)14-5-7-16(18)13(2)11-14;;/h5-8,11,19-20H,3-4,9-10,12H2,1-2H3;2*1H. The lowest BCUT2D eigenvalue weighted by Crippen LogP contribution is -2.21. The fourth-order valence-corrected chi connectivity index (χ4v) is 2.40. The van der Waals surface area contributed by atoms with Gasteiger partial charge in [-0.2, -0.15) is 0 Å². The van der Waals surface area contributed by atoms with Crippen molar-refractivity contribution in [3.05, 3.63) is 46.1 Å². The van der Waals surface area contributed by atoms with Crippen molar-refractivity contribution in [3.63, 3.8) is 0 Å². The van der Waals surface area contributed by atoms with Crippen LogP contribution in [0.4, 0.5) is 0 Å². The second-order valence-corrected chi connectivity index (χ2v) is 5.97. The van der Waals surface area contributed by atoms with Gasteiger partial charge in [0.1, 0.15) is 11.5 Å². The Balaban J connectivity index is 0.00000242. The molecule has 0 aliphatic heterocycles. The van der Waals surface area contributed by atoms with E-state index in [-0.39, 0.29) is 24.8 Å². The van der Waals surface area contributed by atoms with E-state index in [2.05, 4.69) is 58.6 Å². The highest BCUT2D eigenvalue weighted by molar-refractivity contribution is 9.10. The molecule has 0 radical (unpaired) electrons. The van der Waals surface area contributed by atoms with E-state index in [9.17, 15) is 0 Å². The quantitative estimate of drug-likeness (QED) is 0.589. The van der Waals surface area contributed by atoms with Gasteiger partial charge in [0.25, 0.3) is 0 Å². The van der Waals surface area contributed by atoms with Crippen LogP contribution in [0.3, 0.4) is 0 Å². The number of halogens is 3. The van der Waals surface area contributed by atoms with E-state index >= 15 is 0 Å². The van der Waals surface area contributed by atoms with Gasteiger partial charge >= 0.3 is 0 Å². The molecule has 1 aromatic heterocycles. The maximum absolute atomic E-state index is 5.90. The first kappa shape index (κ1) is 22.5. The first-order valence-electron chi connectivity index (χ1n) is 7.47. The van der Waals surface area contributed by atoms with Gasteiger partial charge in [0, 0.05) is 10.0 Å². The predicted molar refractivity (Wildman–Crippen MR) is 106 cm³/mol. The van der Waals surface area contributed by atoms with Crippen molar-refractivity contribution in [2.45, 2.75) is 26.8 Å². The molecular formula is C17H25BrCl2N2O. The van der Waals surface area contributed by atoms with E-state index in [4.69, 9.17) is 4.42 Å². The first-order valence-corrected chi connectivity index (χ1v) is 8.26. The zero-order valence-corrected chi connectivity index (χ0v) is 16.7. The van der Waals surface area contributed by atoms with Crippen molar-refractivity contribution in [3.8, 4) is 11.3 Å². The lowest BCUT2D eigenvalue weighted by atomic mass is 10.1. The molecule has 2 rings (SSSR count). The van der Waals surface area contributed by atoms with E-state index in [0.717, 1.165) is 54.2 Å². The summed E-state index contributed by atoms with van der Waals surface area (Å²) < 4.78 is 7.02. The van der Waals surface area contributed by atoms with Crippen LogP contribution in [0, 0.1) is 6.92 Å². The summed E-state index contributed by atoms with van der Waals surface area (Å²) in [5.41, 5.74) is 2.33. The van der Waals surface area contributed by atoms with Crippen molar-refractivity contribution in [2.24, 2.45) is 0 Å². The molecule has 0 amide bonds. The number of rotatable bonds is 8. The summed E-state index contributed by atoms with van der Waals surface area (Å²) in [6.07, 6.45) is 1.13. The van der Waals surface area contributed by atoms with Gasteiger partial charge in [-0.25, -0.2) is 0 Å². The number of nitrogens with one attached hydrogen (secondary N) is 2. The van der Waals surface area contributed by atoms with Gasteiger partial charge < -0.3 is 15.1 Å². The lowest BCUT2D eigenvalue weighted by Gasteiger charge is -2.04. The minimum absolute atomic E-state index is 0. The summed E-state index contributed by atoms with van der Waals surface area (Å²) in [6.45, 7) is 8.09. The smallest absolute Gasteiger partial charge is 0.134 e. The summed E-state index contributed by atoms with van der Waals surface area (Å²) in [5, 5.41) is 6.72. The highest BCUT2D eigenvalue weighted by Gasteiger charge is 2.06. The molecule has 1 heterocycles. The summed E-state index contributed by atoms with van der Waals surface area (Å²) in [6, 6.07) is 10.4. The zero-order chi connectivity index (χ0) is 15.1.